The van der Waals surface area contributed by atoms with Crippen molar-refractivity contribution in [2.75, 3.05) is 90.3 Å². The molecule has 0 aromatic heterocycles. The zero-order valence-electron chi connectivity index (χ0n) is 19.8. The topological polar surface area (TPSA) is 148 Å². The molecule has 202 valence electrons. The summed E-state index contributed by atoms with van der Waals surface area (Å²) in [4.78, 5) is 50.0. The Morgan fingerprint density at radius 3 is 1.51 bits per heavy atom. The average molecular weight is 618 g/mol. The smallest absolute Gasteiger partial charge is 0.335 e. The van der Waals surface area contributed by atoms with Gasteiger partial charge in [-0.2, -0.15) is 0 Å². The van der Waals surface area contributed by atoms with Crippen LogP contribution in [0.25, 0.3) is 0 Å². The number of halogens is 1. The molecule has 1 rings (SSSR count). The van der Waals surface area contributed by atoms with Crippen LogP contribution in [0.1, 0.15) is 19.3 Å². The molecule has 0 radical (unpaired) electrons. The Hall–Kier alpha value is -1.43. The molecule has 0 aromatic carbocycles. The van der Waals surface area contributed by atoms with Crippen LogP contribution in [0, 0.1) is 0 Å². The van der Waals surface area contributed by atoms with E-state index in [1.165, 1.54) is 0 Å². The molecule has 0 saturated carbocycles. The molecule has 0 bridgehead atoms. The molecule has 3 amide bonds. The van der Waals surface area contributed by atoms with Crippen molar-refractivity contribution < 1.29 is 52.4 Å². The first-order valence-electron chi connectivity index (χ1n) is 11.4. The number of nitrogens with one attached hydrogen (secondary N) is 1. The van der Waals surface area contributed by atoms with Crippen molar-refractivity contribution in [1.29, 1.82) is 0 Å². The molecule has 0 atom stereocenters. The van der Waals surface area contributed by atoms with Crippen LogP contribution in [0.4, 0.5) is 0 Å². The van der Waals surface area contributed by atoms with Crippen molar-refractivity contribution in [1.82, 2.24) is 10.4 Å². The molecule has 1 aliphatic heterocycles. The summed E-state index contributed by atoms with van der Waals surface area (Å²) in [5.74, 6) is -1.72. The van der Waals surface area contributed by atoms with Gasteiger partial charge >= 0.3 is 5.97 Å². The predicted octanol–water partition coefficient (Wildman–Crippen LogP) is -0.365. The molecule has 1 N–H and O–H groups in total. The lowest BCUT2D eigenvalue weighted by Crippen LogP contribution is -2.32. The van der Waals surface area contributed by atoms with Gasteiger partial charge in [-0.3, -0.25) is 14.4 Å². The van der Waals surface area contributed by atoms with Gasteiger partial charge in [-0.05, 0) is 0 Å². The minimum atomic E-state index is -0.698. The first-order chi connectivity index (χ1) is 17.0. The molecular formula is C21H35IN2O11. The van der Waals surface area contributed by atoms with Crippen molar-refractivity contribution >= 4 is 46.3 Å². The van der Waals surface area contributed by atoms with Crippen molar-refractivity contribution in [3.8, 4) is 0 Å². The van der Waals surface area contributed by atoms with Crippen LogP contribution in [0.15, 0.2) is 0 Å². The Labute approximate surface area is 218 Å². The Bertz CT molecular complexity index is 608. The highest BCUT2D eigenvalue weighted by molar-refractivity contribution is 14.1. The SMILES string of the molecule is O=C(CI)NCCOCCOCCOCCOCCOCCOCCC(=O)ON1C(=O)CCC1=O. The lowest BCUT2D eigenvalue weighted by molar-refractivity contribution is -0.198. The van der Waals surface area contributed by atoms with E-state index in [1.54, 1.807) is 0 Å². The Balaban J connectivity index is 1.72. The van der Waals surface area contributed by atoms with Crippen molar-refractivity contribution in [3.63, 3.8) is 0 Å². The highest BCUT2D eigenvalue weighted by atomic mass is 127. The van der Waals surface area contributed by atoms with Crippen LogP contribution in [-0.4, -0.2) is 119 Å². The standard InChI is InChI=1S/C21H35IN2O11/c22-17-18(25)23-4-6-30-8-10-32-12-14-34-16-15-33-13-11-31-9-7-29-5-3-21(28)35-24-19(26)1-2-20(24)27/h1-17H2,(H,23,25). The van der Waals surface area contributed by atoms with E-state index >= 15 is 0 Å². The molecular weight excluding hydrogens is 583 g/mol. The number of ether oxygens (including phenoxy) is 6. The first-order valence-corrected chi connectivity index (χ1v) is 12.9. The summed E-state index contributed by atoms with van der Waals surface area (Å²) in [5.41, 5.74) is 0. The number of imide groups is 1. The lowest BCUT2D eigenvalue weighted by atomic mass is 10.4. The number of hydrogen-bond donors (Lipinski definition) is 1. The van der Waals surface area contributed by atoms with Gasteiger partial charge in [0.15, 0.2) is 0 Å². The number of hydroxylamine groups is 2. The molecule has 35 heavy (non-hydrogen) atoms. The minimum absolute atomic E-state index is 0.00234. The maximum absolute atomic E-state index is 11.6. The third kappa shape index (κ3) is 17.6. The molecule has 1 aliphatic rings. The molecule has 1 saturated heterocycles. The van der Waals surface area contributed by atoms with E-state index in [1.807, 2.05) is 22.6 Å². The second-order valence-electron chi connectivity index (χ2n) is 6.95. The van der Waals surface area contributed by atoms with E-state index in [0.29, 0.717) is 82.1 Å². The van der Waals surface area contributed by atoms with Crippen LogP contribution < -0.4 is 5.32 Å². The Kier molecular flexibility index (Phi) is 19.7. The summed E-state index contributed by atoms with van der Waals surface area (Å²) in [6.45, 7) is 5.23. The van der Waals surface area contributed by atoms with Crippen LogP contribution in [0.2, 0.25) is 0 Å². The van der Waals surface area contributed by atoms with Crippen molar-refractivity contribution in [3.05, 3.63) is 0 Å². The van der Waals surface area contributed by atoms with Gasteiger partial charge in [0.2, 0.25) is 5.91 Å². The van der Waals surface area contributed by atoms with Gasteiger partial charge in [-0.25, -0.2) is 4.79 Å². The molecule has 14 heteroatoms. The maximum atomic E-state index is 11.6. The Morgan fingerprint density at radius 1 is 0.686 bits per heavy atom. The Morgan fingerprint density at radius 2 is 1.09 bits per heavy atom. The monoisotopic (exact) mass is 618 g/mol. The van der Waals surface area contributed by atoms with Crippen LogP contribution >= 0.6 is 22.6 Å². The van der Waals surface area contributed by atoms with E-state index in [9.17, 15) is 19.2 Å². The number of carbonyl (C=O) groups excluding carboxylic acids is 4. The van der Waals surface area contributed by atoms with E-state index in [-0.39, 0.29) is 38.4 Å². The molecule has 0 spiro atoms. The van der Waals surface area contributed by atoms with Crippen LogP contribution in [0.3, 0.4) is 0 Å². The highest BCUT2D eigenvalue weighted by Crippen LogP contribution is 2.12. The average Bonchev–Trinajstić information content (AvgIpc) is 3.16. The fourth-order valence-electron chi connectivity index (χ4n) is 2.47. The van der Waals surface area contributed by atoms with Gasteiger partial charge in [-0.1, -0.05) is 22.6 Å². The minimum Gasteiger partial charge on any atom is -0.378 e. The zero-order valence-corrected chi connectivity index (χ0v) is 22.0. The van der Waals surface area contributed by atoms with Gasteiger partial charge in [-0.15, -0.1) is 5.06 Å². The number of nitrogens with zero attached hydrogens (tertiary/aromatic N) is 1. The van der Waals surface area contributed by atoms with Crippen molar-refractivity contribution in [2.24, 2.45) is 0 Å². The summed E-state index contributed by atoms with van der Waals surface area (Å²) in [7, 11) is 0. The number of hydrogen-bond acceptors (Lipinski definition) is 11. The van der Waals surface area contributed by atoms with E-state index < -0.39 is 17.8 Å². The second-order valence-corrected chi connectivity index (χ2v) is 7.72. The molecule has 13 nitrogen and oxygen atoms in total. The second kappa shape index (κ2) is 21.8. The summed E-state index contributed by atoms with van der Waals surface area (Å²) >= 11 is 2.00. The fraction of sp³-hybridized carbons (Fsp3) is 0.810. The molecule has 0 aromatic rings. The van der Waals surface area contributed by atoms with E-state index in [0.717, 1.165) is 0 Å². The van der Waals surface area contributed by atoms with Gasteiger partial charge < -0.3 is 38.6 Å². The van der Waals surface area contributed by atoms with Gasteiger partial charge in [0.25, 0.3) is 11.8 Å². The van der Waals surface area contributed by atoms with Crippen LogP contribution in [-0.2, 0) is 52.4 Å². The molecule has 0 unspecified atom stereocenters. The molecule has 1 heterocycles. The van der Waals surface area contributed by atoms with Gasteiger partial charge in [0, 0.05) is 19.4 Å². The lowest BCUT2D eigenvalue weighted by Gasteiger charge is -2.12. The van der Waals surface area contributed by atoms with Crippen LogP contribution in [0.5, 0.6) is 0 Å². The van der Waals surface area contributed by atoms with Gasteiger partial charge in [0.05, 0.1) is 90.1 Å². The van der Waals surface area contributed by atoms with Crippen molar-refractivity contribution in [2.45, 2.75) is 19.3 Å². The summed E-state index contributed by atoms with van der Waals surface area (Å²) < 4.78 is 32.5. The number of carbonyl (C=O) groups is 4. The largest absolute Gasteiger partial charge is 0.378 e. The number of rotatable bonds is 23. The summed E-state index contributed by atoms with van der Waals surface area (Å²) in [6, 6.07) is 0. The third-order valence-corrected chi connectivity index (χ3v) is 4.89. The number of amides is 3. The predicted molar refractivity (Wildman–Crippen MR) is 129 cm³/mol. The zero-order chi connectivity index (χ0) is 25.6. The number of alkyl halides is 1. The quantitative estimate of drug-likeness (QED) is 0.0693. The van der Waals surface area contributed by atoms with Gasteiger partial charge in [0.1, 0.15) is 0 Å². The third-order valence-electron chi connectivity index (χ3n) is 4.20. The molecule has 1 fully saturated rings. The fourth-order valence-corrected chi connectivity index (χ4v) is 2.74. The van der Waals surface area contributed by atoms with E-state index in [4.69, 9.17) is 33.3 Å². The van der Waals surface area contributed by atoms with E-state index in [2.05, 4.69) is 5.32 Å². The molecule has 0 aliphatic carbocycles. The highest BCUT2D eigenvalue weighted by Gasteiger charge is 2.32. The summed E-state index contributed by atoms with van der Waals surface area (Å²) in [6.07, 6.45) is 0.0530. The normalized spacial score (nSPS) is 13.5. The summed E-state index contributed by atoms with van der Waals surface area (Å²) in [5, 5.41) is 3.23. The maximum Gasteiger partial charge on any atom is 0.335 e. The first kappa shape index (κ1) is 31.6.